The van der Waals surface area contributed by atoms with Crippen molar-refractivity contribution in [3.05, 3.63) is 11.4 Å². The lowest BCUT2D eigenvalue weighted by Gasteiger charge is -2.28. The molecule has 5 nitrogen and oxygen atoms in total. The van der Waals surface area contributed by atoms with Crippen molar-refractivity contribution in [2.45, 2.75) is 53.9 Å². The first-order valence-electron chi connectivity index (χ1n) is 7.84. The number of hydrazine groups is 1. The fourth-order valence-electron chi connectivity index (χ4n) is 2.89. The molecule has 0 bridgehead atoms. The summed E-state index contributed by atoms with van der Waals surface area (Å²) in [6.45, 7) is 15.3. The third-order valence-corrected chi connectivity index (χ3v) is 4.50. The van der Waals surface area contributed by atoms with Crippen molar-refractivity contribution in [2.24, 2.45) is 17.2 Å². The third kappa shape index (κ3) is 3.28. The molecule has 1 fully saturated rings. The van der Waals surface area contributed by atoms with Crippen LogP contribution < -0.4 is 16.2 Å². The van der Waals surface area contributed by atoms with Crippen LogP contribution in [0.5, 0.6) is 0 Å². The molecule has 1 aromatic heterocycles. The van der Waals surface area contributed by atoms with Gasteiger partial charge in [0.05, 0.1) is 0 Å². The van der Waals surface area contributed by atoms with Gasteiger partial charge in [0.1, 0.15) is 17.5 Å². The standard InChI is InChI=1S/C16H29N5/c1-10(2)13-18-14(20-17)11(3)15(19-13)21-8-7-12(9-21)16(4,5)6/h10,12H,7-9,17H2,1-6H3,(H,18,19,20). The fraction of sp³-hybridized carbons (Fsp3) is 0.750. The van der Waals surface area contributed by atoms with Gasteiger partial charge in [-0.3, -0.25) is 0 Å². The molecule has 0 saturated carbocycles. The summed E-state index contributed by atoms with van der Waals surface area (Å²) in [5.74, 6) is 9.24. The highest BCUT2D eigenvalue weighted by Crippen LogP contribution is 2.37. The second kappa shape index (κ2) is 5.79. The summed E-state index contributed by atoms with van der Waals surface area (Å²) in [5, 5.41) is 0. The number of hydrogen-bond donors (Lipinski definition) is 2. The predicted molar refractivity (Wildman–Crippen MR) is 88.4 cm³/mol. The molecular weight excluding hydrogens is 262 g/mol. The Morgan fingerprint density at radius 1 is 1.29 bits per heavy atom. The Balaban J connectivity index is 2.34. The summed E-state index contributed by atoms with van der Waals surface area (Å²) in [6.07, 6.45) is 1.22. The van der Waals surface area contributed by atoms with E-state index in [2.05, 4.69) is 49.9 Å². The lowest BCUT2D eigenvalue weighted by molar-refractivity contribution is 0.263. The van der Waals surface area contributed by atoms with Crippen molar-refractivity contribution in [3.63, 3.8) is 0 Å². The van der Waals surface area contributed by atoms with Gasteiger partial charge in [-0.15, -0.1) is 0 Å². The van der Waals surface area contributed by atoms with E-state index < -0.39 is 0 Å². The molecule has 5 heteroatoms. The molecule has 1 aliphatic heterocycles. The van der Waals surface area contributed by atoms with Crippen molar-refractivity contribution >= 4 is 11.6 Å². The molecule has 0 aromatic carbocycles. The van der Waals surface area contributed by atoms with Crippen LogP contribution in [-0.2, 0) is 0 Å². The van der Waals surface area contributed by atoms with Crippen LogP contribution in [0.4, 0.5) is 11.6 Å². The number of anilines is 2. The highest BCUT2D eigenvalue weighted by Gasteiger charge is 2.33. The average molecular weight is 291 g/mol. The van der Waals surface area contributed by atoms with Gasteiger partial charge >= 0.3 is 0 Å². The van der Waals surface area contributed by atoms with Gasteiger partial charge in [0, 0.05) is 24.6 Å². The molecule has 2 heterocycles. The van der Waals surface area contributed by atoms with E-state index in [-0.39, 0.29) is 5.92 Å². The monoisotopic (exact) mass is 291 g/mol. The minimum Gasteiger partial charge on any atom is -0.356 e. The Bertz CT molecular complexity index is 504. The molecule has 21 heavy (non-hydrogen) atoms. The zero-order valence-corrected chi connectivity index (χ0v) is 14.2. The van der Waals surface area contributed by atoms with Crippen LogP contribution >= 0.6 is 0 Å². The maximum Gasteiger partial charge on any atom is 0.148 e. The Hall–Kier alpha value is -1.36. The smallest absolute Gasteiger partial charge is 0.148 e. The van der Waals surface area contributed by atoms with Crippen LogP contribution in [0.2, 0.25) is 0 Å². The normalized spacial score (nSPS) is 19.4. The third-order valence-electron chi connectivity index (χ3n) is 4.50. The molecule has 0 aliphatic carbocycles. The molecule has 118 valence electrons. The van der Waals surface area contributed by atoms with E-state index in [1.807, 2.05) is 6.92 Å². The zero-order chi connectivity index (χ0) is 15.8. The topological polar surface area (TPSA) is 67.1 Å². The molecule has 1 unspecified atom stereocenters. The SMILES string of the molecule is Cc1c(NN)nc(C(C)C)nc1N1CCC(C(C)(C)C)C1. The van der Waals surface area contributed by atoms with Crippen LogP contribution in [-0.4, -0.2) is 23.1 Å². The highest BCUT2D eigenvalue weighted by molar-refractivity contribution is 5.58. The summed E-state index contributed by atoms with van der Waals surface area (Å²) in [5.41, 5.74) is 4.10. The van der Waals surface area contributed by atoms with Crippen molar-refractivity contribution in [3.8, 4) is 0 Å². The molecule has 1 saturated heterocycles. The zero-order valence-electron chi connectivity index (χ0n) is 14.2. The number of nitrogens with two attached hydrogens (primary N) is 1. The van der Waals surface area contributed by atoms with E-state index in [1.165, 1.54) is 6.42 Å². The van der Waals surface area contributed by atoms with Crippen molar-refractivity contribution in [1.82, 2.24) is 9.97 Å². The Kier molecular flexibility index (Phi) is 4.42. The molecule has 2 rings (SSSR count). The van der Waals surface area contributed by atoms with E-state index in [0.717, 1.165) is 36.1 Å². The van der Waals surface area contributed by atoms with E-state index in [0.29, 0.717) is 11.3 Å². The second-order valence-corrected chi connectivity index (χ2v) is 7.48. The van der Waals surface area contributed by atoms with Crippen LogP contribution in [0.1, 0.15) is 58.3 Å². The first-order valence-corrected chi connectivity index (χ1v) is 7.84. The van der Waals surface area contributed by atoms with Gasteiger partial charge in [-0.05, 0) is 24.7 Å². The second-order valence-electron chi connectivity index (χ2n) is 7.48. The molecule has 1 atom stereocenters. The molecular formula is C16H29N5. The molecule has 0 amide bonds. The van der Waals surface area contributed by atoms with Gasteiger partial charge < -0.3 is 10.3 Å². The number of nitrogens with zero attached hydrogens (tertiary/aromatic N) is 3. The van der Waals surface area contributed by atoms with E-state index in [1.54, 1.807) is 0 Å². The average Bonchev–Trinajstić information content (AvgIpc) is 2.88. The quantitative estimate of drug-likeness (QED) is 0.662. The van der Waals surface area contributed by atoms with Gasteiger partial charge in [0.2, 0.25) is 0 Å². The fourth-order valence-corrected chi connectivity index (χ4v) is 2.89. The first kappa shape index (κ1) is 16.0. The maximum atomic E-state index is 5.63. The summed E-state index contributed by atoms with van der Waals surface area (Å²) < 4.78 is 0. The molecule has 0 radical (unpaired) electrons. The van der Waals surface area contributed by atoms with Crippen LogP contribution in [0.3, 0.4) is 0 Å². The molecule has 1 aromatic rings. The van der Waals surface area contributed by atoms with Gasteiger partial charge in [-0.1, -0.05) is 34.6 Å². The molecule has 0 spiro atoms. The number of nitrogens with one attached hydrogen (secondary N) is 1. The lowest BCUT2D eigenvalue weighted by Crippen LogP contribution is -2.28. The maximum absolute atomic E-state index is 5.63. The predicted octanol–water partition coefficient (Wildman–Crippen LogP) is 3.07. The number of nitrogen functional groups attached to an aromatic ring is 1. The Labute approximate surface area is 128 Å². The largest absolute Gasteiger partial charge is 0.356 e. The summed E-state index contributed by atoms with van der Waals surface area (Å²) in [4.78, 5) is 11.7. The highest BCUT2D eigenvalue weighted by atomic mass is 15.3. The Morgan fingerprint density at radius 2 is 1.95 bits per heavy atom. The van der Waals surface area contributed by atoms with E-state index >= 15 is 0 Å². The summed E-state index contributed by atoms with van der Waals surface area (Å²) in [6, 6.07) is 0. The number of rotatable bonds is 3. The van der Waals surface area contributed by atoms with Crippen LogP contribution in [0.15, 0.2) is 0 Å². The van der Waals surface area contributed by atoms with Crippen LogP contribution in [0, 0.1) is 18.3 Å². The first-order chi connectivity index (χ1) is 9.74. The van der Waals surface area contributed by atoms with Crippen molar-refractivity contribution < 1.29 is 0 Å². The van der Waals surface area contributed by atoms with Gasteiger partial charge in [0.15, 0.2) is 0 Å². The van der Waals surface area contributed by atoms with Gasteiger partial charge in [0.25, 0.3) is 0 Å². The number of hydrogen-bond acceptors (Lipinski definition) is 5. The molecule has 1 aliphatic rings. The van der Waals surface area contributed by atoms with E-state index in [4.69, 9.17) is 10.8 Å². The lowest BCUT2D eigenvalue weighted by atomic mass is 9.80. The minimum atomic E-state index is 0.289. The minimum absolute atomic E-state index is 0.289. The van der Waals surface area contributed by atoms with Crippen molar-refractivity contribution in [2.75, 3.05) is 23.4 Å². The van der Waals surface area contributed by atoms with E-state index in [9.17, 15) is 0 Å². The summed E-state index contributed by atoms with van der Waals surface area (Å²) in [7, 11) is 0. The Morgan fingerprint density at radius 3 is 2.43 bits per heavy atom. The van der Waals surface area contributed by atoms with Gasteiger partial charge in [-0.2, -0.15) is 0 Å². The molecule has 3 N–H and O–H groups in total. The summed E-state index contributed by atoms with van der Waals surface area (Å²) >= 11 is 0. The van der Waals surface area contributed by atoms with Crippen molar-refractivity contribution in [1.29, 1.82) is 0 Å². The number of aromatic nitrogens is 2. The van der Waals surface area contributed by atoms with Crippen LogP contribution in [0.25, 0.3) is 0 Å². The van der Waals surface area contributed by atoms with Gasteiger partial charge in [-0.25, -0.2) is 15.8 Å².